The first kappa shape index (κ1) is 18.5. The summed E-state index contributed by atoms with van der Waals surface area (Å²) in [5.41, 5.74) is 0.777. The lowest BCUT2D eigenvalue weighted by molar-refractivity contribution is -0.274. The van der Waals surface area contributed by atoms with Gasteiger partial charge in [-0.25, -0.2) is 10.1 Å². The molecular weight excluding hydrogens is 389 g/mol. The quantitative estimate of drug-likeness (QED) is 0.552. The van der Waals surface area contributed by atoms with E-state index in [1.807, 2.05) is 30.3 Å². The number of fused-ring (bicyclic) bond motifs is 1. The molecule has 10 heteroatoms. The van der Waals surface area contributed by atoms with Gasteiger partial charge in [-0.05, 0) is 17.7 Å². The Bertz CT molecular complexity index is 1200. The minimum atomic E-state index is -4.84. The SMILES string of the molecule is O=c1[nH]nc(-c2ccc(OC(F)(F)F)cc2OCc2ccccc2)n2ccnc12. The summed E-state index contributed by atoms with van der Waals surface area (Å²) in [5, 5.41) is 6.34. The molecule has 0 amide bonds. The third-order valence-corrected chi connectivity index (χ3v) is 4.00. The molecule has 4 rings (SSSR count). The van der Waals surface area contributed by atoms with Crippen molar-refractivity contribution in [1.82, 2.24) is 19.6 Å². The Morgan fingerprint density at radius 1 is 1.10 bits per heavy atom. The molecule has 0 spiro atoms. The lowest BCUT2D eigenvalue weighted by atomic mass is 10.1. The Hall–Kier alpha value is -3.82. The number of ether oxygens (including phenoxy) is 2. The van der Waals surface area contributed by atoms with Crippen molar-refractivity contribution in [3.8, 4) is 22.9 Å². The summed E-state index contributed by atoms with van der Waals surface area (Å²) in [6.07, 6.45) is -1.90. The van der Waals surface area contributed by atoms with Gasteiger partial charge in [-0.3, -0.25) is 9.20 Å². The second-order valence-corrected chi connectivity index (χ2v) is 5.98. The van der Waals surface area contributed by atoms with Crippen LogP contribution in [0.25, 0.3) is 17.0 Å². The van der Waals surface area contributed by atoms with Gasteiger partial charge >= 0.3 is 11.9 Å². The first-order chi connectivity index (χ1) is 13.9. The molecule has 29 heavy (non-hydrogen) atoms. The molecular formula is C19H13F3N4O3. The van der Waals surface area contributed by atoms with Gasteiger partial charge in [-0.15, -0.1) is 13.2 Å². The van der Waals surface area contributed by atoms with Crippen LogP contribution in [0.2, 0.25) is 0 Å². The smallest absolute Gasteiger partial charge is 0.488 e. The number of alkyl halides is 3. The summed E-state index contributed by atoms with van der Waals surface area (Å²) >= 11 is 0. The van der Waals surface area contributed by atoms with Gasteiger partial charge in [-0.1, -0.05) is 30.3 Å². The van der Waals surface area contributed by atoms with E-state index in [0.717, 1.165) is 17.7 Å². The molecule has 2 aromatic heterocycles. The number of hydrogen-bond donors (Lipinski definition) is 1. The summed E-state index contributed by atoms with van der Waals surface area (Å²) in [5.74, 6) is -0.0838. The third kappa shape index (κ3) is 4.05. The Labute approximate surface area is 161 Å². The number of aromatic amines is 1. The first-order valence-electron chi connectivity index (χ1n) is 8.39. The summed E-state index contributed by atoms with van der Waals surface area (Å²) in [7, 11) is 0. The molecule has 4 aromatic rings. The van der Waals surface area contributed by atoms with Crippen LogP contribution in [-0.4, -0.2) is 25.9 Å². The van der Waals surface area contributed by atoms with Gasteiger partial charge in [0.05, 0.1) is 5.56 Å². The summed E-state index contributed by atoms with van der Waals surface area (Å²) in [6.45, 7) is 0.111. The average Bonchev–Trinajstić information content (AvgIpc) is 3.18. The molecule has 0 aliphatic rings. The van der Waals surface area contributed by atoms with Crippen LogP contribution in [0.1, 0.15) is 5.56 Å². The fraction of sp³-hybridized carbons (Fsp3) is 0.105. The van der Waals surface area contributed by atoms with Crippen LogP contribution in [0.5, 0.6) is 11.5 Å². The van der Waals surface area contributed by atoms with E-state index in [-0.39, 0.29) is 23.8 Å². The highest BCUT2D eigenvalue weighted by Crippen LogP contribution is 2.34. The first-order valence-corrected chi connectivity index (χ1v) is 8.39. The Kier molecular flexibility index (Phi) is 4.67. The molecule has 0 aliphatic carbocycles. The summed E-state index contributed by atoms with van der Waals surface area (Å²) < 4.78 is 49.1. The molecule has 7 nitrogen and oxygen atoms in total. The number of imidazole rings is 1. The molecule has 0 radical (unpaired) electrons. The van der Waals surface area contributed by atoms with Crippen LogP contribution in [0.15, 0.2) is 65.7 Å². The van der Waals surface area contributed by atoms with Crippen LogP contribution in [0, 0.1) is 0 Å². The maximum absolute atomic E-state index is 12.6. The van der Waals surface area contributed by atoms with Crippen molar-refractivity contribution in [3.63, 3.8) is 0 Å². The highest BCUT2D eigenvalue weighted by atomic mass is 19.4. The Morgan fingerprint density at radius 3 is 2.66 bits per heavy atom. The van der Waals surface area contributed by atoms with Crippen LogP contribution in [0.4, 0.5) is 13.2 Å². The Balaban J connectivity index is 1.78. The van der Waals surface area contributed by atoms with E-state index in [1.54, 1.807) is 0 Å². The van der Waals surface area contributed by atoms with Crippen LogP contribution >= 0.6 is 0 Å². The van der Waals surface area contributed by atoms with E-state index in [9.17, 15) is 18.0 Å². The van der Waals surface area contributed by atoms with Gasteiger partial charge in [0.15, 0.2) is 5.82 Å². The van der Waals surface area contributed by atoms with Crippen molar-refractivity contribution in [2.45, 2.75) is 13.0 Å². The predicted octanol–water partition coefficient (Wildman–Crippen LogP) is 3.56. The maximum Gasteiger partial charge on any atom is 0.573 e. The molecule has 0 saturated carbocycles. The van der Waals surface area contributed by atoms with Crippen molar-refractivity contribution in [2.75, 3.05) is 0 Å². The number of aromatic nitrogens is 4. The molecule has 2 aromatic carbocycles. The van der Waals surface area contributed by atoms with Crippen LogP contribution in [0.3, 0.4) is 0 Å². The second-order valence-electron chi connectivity index (χ2n) is 5.98. The number of benzene rings is 2. The number of H-pyrrole nitrogens is 1. The molecule has 0 bridgehead atoms. The number of halogens is 3. The van der Waals surface area contributed by atoms with Gasteiger partial charge in [0.1, 0.15) is 18.1 Å². The number of rotatable bonds is 5. The average molecular weight is 402 g/mol. The predicted molar refractivity (Wildman–Crippen MR) is 96.5 cm³/mol. The minimum absolute atomic E-state index is 0.0969. The second kappa shape index (κ2) is 7.30. The third-order valence-electron chi connectivity index (χ3n) is 4.00. The molecule has 148 valence electrons. The van der Waals surface area contributed by atoms with E-state index >= 15 is 0 Å². The molecule has 0 atom stereocenters. The lowest BCUT2D eigenvalue weighted by Gasteiger charge is -2.15. The largest absolute Gasteiger partial charge is 0.573 e. The number of nitrogens with one attached hydrogen (secondary N) is 1. The highest BCUT2D eigenvalue weighted by Gasteiger charge is 2.31. The van der Waals surface area contributed by atoms with Gasteiger partial charge in [0.25, 0.3) is 0 Å². The maximum atomic E-state index is 12.6. The summed E-state index contributed by atoms with van der Waals surface area (Å²) in [6, 6.07) is 12.8. The molecule has 0 aliphatic heterocycles. The fourth-order valence-electron chi connectivity index (χ4n) is 2.78. The van der Waals surface area contributed by atoms with E-state index in [4.69, 9.17) is 4.74 Å². The van der Waals surface area contributed by atoms with Crippen LogP contribution in [-0.2, 0) is 6.61 Å². The zero-order valence-electron chi connectivity index (χ0n) is 14.7. The zero-order chi connectivity index (χ0) is 20.4. The molecule has 1 N–H and O–H groups in total. The minimum Gasteiger partial charge on any atom is -0.488 e. The summed E-state index contributed by atoms with van der Waals surface area (Å²) in [4.78, 5) is 15.8. The van der Waals surface area contributed by atoms with Crippen molar-refractivity contribution < 1.29 is 22.6 Å². The number of hydrogen-bond acceptors (Lipinski definition) is 5. The Morgan fingerprint density at radius 2 is 1.90 bits per heavy atom. The highest BCUT2D eigenvalue weighted by molar-refractivity contribution is 5.67. The lowest BCUT2D eigenvalue weighted by Crippen LogP contribution is -2.17. The van der Waals surface area contributed by atoms with Gasteiger partial charge < -0.3 is 9.47 Å². The van der Waals surface area contributed by atoms with Gasteiger partial charge in [0, 0.05) is 18.5 Å². The number of nitrogens with zero attached hydrogens (tertiary/aromatic N) is 3. The van der Waals surface area contributed by atoms with Gasteiger partial charge in [-0.2, -0.15) is 5.10 Å². The zero-order valence-corrected chi connectivity index (χ0v) is 14.7. The van der Waals surface area contributed by atoms with Crippen molar-refractivity contribution in [3.05, 3.63) is 76.8 Å². The molecule has 2 heterocycles. The van der Waals surface area contributed by atoms with Crippen molar-refractivity contribution >= 4 is 5.65 Å². The van der Waals surface area contributed by atoms with Gasteiger partial charge in [0.2, 0.25) is 5.65 Å². The van der Waals surface area contributed by atoms with E-state index < -0.39 is 17.7 Å². The van der Waals surface area contributed by atoms with Crippen LogP contribution < -0.4 is 15.0 Å². The van der Waals surface area contributed by atoms with E-state index in [0.29, 0.717) is 5.56 Å². The normalized spacial score (nSPS) is 11.6. The molecule has 0 fully saturated rings. The van der Waals surface area contributed by atoms with E-state index in [1.165, 1.54) is 22.9 Å². The fourth-order valence-corrected chi connectivity index (χ4v) is 2.78. The van der Waals surface area contributed by atoms with E-state index in [2.05, 4.69) is 19.9 Å². The molecule has 0 unspecified atom stereocenters. The standard InChI is InChI=1S/C19H13F3N4O3/c20-19(21,22)29-13-6-7-14(15(10-13)28-11-12-4-2-1-3-5-12)16-24-25-18(27)17-23-8-9-26(16)17/h1-10H,11H2,(H,25,27). The topological polar surface area (TPSA) is 81.5 Å². The van der Waals surface area contributed by atoms with Crippen molar-refractivity contribution in [2.24, 2.45) is 0 Å². The molecule has 0 saturated heterocycles. The van der Waals surface area contributed by atoms with Crippen molar-refractivity contribution in [1.29, 1.82) is 0 Å². The monoisotopic (exact) mass is 402 g/mol.